The van der Waals surface area contributed by atoms with Crippen LogP contribution < -0.4 is 4.90 Å². The minimum absolute atomic E-state index is 0.0335. The van der Waals surface area contributed by atoms with Crippen LogP contribution in [0.2, 0.25) is 0 Å². The zero-order valence-corrected chi connectivity index (χ0v) is 25.9. The lowest BCUT2D eigenvalue weighted by Gasteiger charge is -2.30. The highest BCUT2D eigenvalue weighted by Gasteiger charge is 2.31. The summed E-state index contributed by atoms with van der Waals surface area (Å²) in [6.07, 6.45) is 4.97. The molecular weight excluding hydrogens is 604 g/mol. The van der Waals surface area contributed by atoms with Crippen LogP contribution in [0.1, 0.15) is 71.0 Å². The van der Waals surface area contributed by atoms with Gasteiger partial charge in [0.05, 0.1) is 12.7 Å². The van der Waals surface area contributed by atoms with E-state index in [1.807, 2.05) is 76.4 Å². The number of fused-ring (bicyclic) bond motifs is 4. The molecule has 0 saturated heterocycles. The summed E-state index contributed by atoms with van der Waals surface area (Å²) in [5, 5.41) is 8.91. The van der Waals surface area contributed by atoms with Gasteiger partial charge in [-0.2, -0.15) is 0 Å². The molecular formula is C34H35BrN6O2. The molecule has 1 atom stereocenters. The third-order valence-corrected chi connectivity index (χ3v) is 8.26. The van der Waals surface area contributed by atoms with Crippen molar-refractivity contribution in [3.05, 3.63) is 130 Å². The van der Waals surface area contributed by atoms with E-state index in [2.05, 4.69) is 62.3 Å². The lowest BCUT2D eigenvalue weighted by Crippen LogP contribution is -2.36. The second-order valence-corrected chi connectivity index (χ2v) is 11.8. The fraction of sp³-hybridized carbons (Fsp3) is 0.294. The van der Waals surface area contributed by atoms with Gasteiger partial charge in [-0.25, -0.2) is 4.98 Å². The number of nitrogens with zero attached hydrogens (tertiary/aromatic N) is 6. The SMILES string of the molecule is CCC1c2nc(Cc3ccccc3)c(o2)N(Cc2ccccc2)Cc2cn(nn2)CCCCN1C(=O)c1cccc(Br)c1. The summed E-state index contributed by atoms with van der Waals surface area (Å²) in [6, 6.07) is 27.9. The molecule has 0 aliphatic carbocycles. The van der Waals surface area contributed by atoms with Crippen molar-refractivity contribution in [1.29, 1.82) is 0 Å². The van der Waals surface area contributed by atoms with Gasteiger partial charge in [-0.05, 0) is 48.6 Å². The van der Waals surface area contributed by atoms with Gasteiger partial charge >= 0.3 is 0 Å². The minimum Gasteiger partial charge on any atom is -0.423 e. The number of aryl methyl sites for hydroxylation is 1. The molecule has 0 spiro atoms. The average molecular weight is 640 g/mol. The number of aromatic nitrogens is 4. The maximum Gasteiger partial charge on any atom is 0.254 e. The summed E-state index contributed by atoms with van der Waals surface area (Å²) in [4.78, 5) is 23.3. The standard InChI is InChI=1S/C34H35BrN6O2/c1-2-31-32-36-30(20-25-12-5-3-6-13-25)34(43-32)39(22-26-14-7-4-8-15-26)23-29-24-40(38-37-29)18-9-10-19-41(31)33(42)27-16-11-17-28(35)21-27/h3-8,11-17,21,24,31H,2,9-10,18-20,22-23H2,1H3. The summed E-state index contributed by atoms with van der Waals surface area (Å²) in [7, 11) is 0. The highest BCUT2D eigenvalue weighted by atomic mass is 79.9. The Bertz CT molecular complexity index is 1650. The van der Waals surface area contributed by atoms with E-state index >= 15 is 0 Å². The zero-order valence-electron chi connectivity index (χ0n) is 24.3. The van der Waals surface area contributed by atoms with E-state index in [-0.39, 0.29) is 11.9 Å². The number of carbonyl (C=O) groups excluding carboxylic acids is 1. The topological polar surface area (TPSA) is 80.3 Å². The number of rotatable bonds is 6. The van der Waals surface area contributed by atoms with Gasteiger partial charge in [-0.1, -0.05) is 94.8 Å². The largest absolute Gasteiger partial charge is 0.423 e. The number of carbonyl (C=O) groups is 1. The molecule has 220 valence electrons. The molecule has 2 aromatic heterocycles. The van der Waals surface area contributed by atoms with Crippen molar-refractivity contribution in [1.82, 2.24) is 24.9 Å². The summed E-state index contributed by atoms with van der Waals surface area (Å²) < 4.78 is 9.54. The van der Waals surface area contributed by atoms with Crippen LogP contribution in [0.5, 0.6) is 0 Å². The number of hydrogen-bond acceptors (Lipinski definition) is 6. The van der Waals surface area contributed by atoms with Crippen molar-refractivity contribution in [2.24, 2.45) is 0 Å². The van der Waals surface area contributed by atoms with Crippen molar-refractivity contribution < 1.29 is 9.21 Å². The molecule has 1 amide bonds. The smallest absolute Gasteiger partial charge is 0.254 e. The molecule has 1 aliphatic heterocycles. The zero-order chi connectivity index (χ0) is 29.6. The van der Waals surface area contributed by atoms with Gasteiger partial charge in [0.25, 0.3) is 5.91 Å². The molecule has 5 aromatic rings. The summed E-state index contributed by atoms with van der Waals surface area (Å²) in [5.74, 6) is 1.22. The van der Waals surface area contributed by atoms with E-state index in [4.69, 9.17) is 9.40 Å². The van der Waals surface area contributed by atoms with Gasteiger partial charge in [0.1, 0.15) is 17.4 Å². The molecule has 9 heteroatoms. The average Bonchev–Trinajstić information content (AvgIpc) is 3.65. The summed E-state index contributed by atoms with van der Waals surface area (Å²) >= 11 is 3.53. The molecule has 8 nitrogen and oxygen atoms in total. The van der Waals surface area contributed by atoms with Crippen molar-refractivity contribution in [2.45, 2.75) is 58.3 Å². The molecule has 0 fully saturated rings. The fourth-order valence-corrected chi connectivity index (χ4v) is 6.04. The van der Waals surface area contributed by atoms with Gasteiger partial charge in [0.2, 0.25) is 11.8 Å². The van der Waals surface area contributed by atoms with E-state index in [0.717, 1.165) is 46.4 Å². The quantitative estimate of drug-likeness (QED) is 0.195. The Morgan fingerprint density at radius 2 is 1.70 bits per heavy atom. The fourth-order valence-electron chi connectivity index (χ4n) is 5.65. The normalized spacial score (nSPS) is 15.7. The van der Waals surface area contributed by atoms with E-state index in [1.54, 1.807) is 0 Å². The first-order valence-corrected chi connectivity index (χ1v) is 15.6. The molecule has 1 unspecified atom stereocenters. The van der Waals surface area contributed by atoms with E-state index < -0.39 is 0 Å². The van der Waals surface area contributed by atoms with Crippen molar-refractivity contribution in [3.63, 3.8) is 0 Å². The van der Waals surface area contributed by atoms with Crippen LogP contribution in [0, 0.1) is 0 Å². The Hall–Kier alpha value is -4.24. The summed E-state index contributed by atoms with van der Waals surface area (Å²) in [5.41, 5.74) is 4.64. The van der Waals surface area contributed by atoms with Gasteiger partial charge < -0.3 is 14.2 Å². The molecule has 43 heavy (non-hydrogen) atoms. The number of amides is 1. The van der Waals surface area contributed by atoms with Gasteiger partial charge in [-0.3, -0.25) is 9.48 Å². The van der Waals surface area contributed by atoms with Crippen LogP contribution in [-0.2, 0) is 26.1 Å². The second kappa shape index (κ2) is 13.4. The number of oxazole rings is 1. The predicted molar refractivity (Wildman–Crippen MR) is 170 cm³/mol. The maximum atomic E-state index is 14.1. The molecule has 3 heterocycles. The van der Waals surface area contributed by atoms with Crippen LogP contribution in [0.25, 0.3) is 0 Å². The van der Waals surface area contributed by atoms with Gasteiger partial charge in [-0.15, -0.1) is 5.10 Å². The van der Waals surface area contributed by atoms with Crippen LogP contribution in [0.15, 0.2) is 100 Å². The van der Waals surface area contributed by atoms with Crippen LogP contribution >= 0.6 is 15.9 Å². The number of hydrogen-bond donors (Lipinski definition) is 0. The Morgan fingerprint density at radius 1 is 0.953 bits per heavy atom. The third kappa shape index (κ3) is 6.88. The Kier molecular flexibility index (Phi) is 8.98. The van der Waals surface area contributed by atoms with E-state index in [0.29, 0.717) is 49.8 Å². The molecule has 4 bridgehead atoms. The Labute approximate surface area is 260 Å². The lowest BCUT2D eigenvalue weighted by atomic mass is 10.1. The van der Waals surface area contributed by atoms with Crippen LogP contribution in [0.3, 0.4) is 0 Å². The molecule has 0 saturated carbocycles. The molecule has 0 radical (unpaired) electrons. The Balaban J connectivity index is 1.46. The third-order valence-electron chi connectivity index (χ3n) is 7.77. The first-order valence-electron chi connectivity index (χ1n) is 14.9. The number of halogens is 1. The van der Waals surface area contributed by atoms with Crippen molar-refractivity contribution >= 4 is 27.7 Å². The van der Waals surface area contributed by atoms with Crippen molar-refractivity contribution in [3.8, 4) is 0 Å². The highest BCUT2D eigenvalue weighted by molar-refractivity contribution is 9.10. The van der Waals surface area contributed by atoms with Gasteiger partial charge in [0, 0.05) is 36.1 Å². The predicted octanol–water partition coefficient (Wildman–Crippen LogP) is 7.21. The van der Waals surface area contributed by atoms with Crippen molar-refractivity contribution in [2.75, 3.05) is 11.4 Å². The van der Waals surface area contributed by atoms with E-state index in [1.165, 1.54) is 0 Å². The minimum atomic E-state index is -0.318. The number of anilines is 1. The second-order valence-electron chi connectivity index (χ2n) is 10.9. The highest BCUT2D eigenvalue weighted by Crippen LogP contribution is 2.34. The lowest BCUT2D eigenvalue weighted by molar-refractivity contribution is 0.0635. The van der Waals surface area contributed by atoms with E-state index in [9.17, 15) is 4.79 Å². The first kappa shape index (κ1) is 28.9. The summed E-state index contributed by atoms with van der Waals surface area (Å²) in [6.45, 7) is 4.53. The van der Waals surface area contributed by atoms with Crippen LogP contribution in [0.4, 0.5) is 5.88 Å². The first-order chi connectivity index (χ1) is 21.1. The molecule has 0 N–H and O–H groups in total. The number of benzene rings is 3. The molecule has 3 aromatic carbocycles. The maximum absolute atomic E-state index is 14.1. The van der Waals surface area contributed by atoms with Crippen LogP contribution in [-0.4, -0.2) is 37.3 Å². The monoisotopic (exact) mass is 638 g/mol. The van der Waals surface area contributed by atoms with Gasteiger partial charge in [0.15, 0.2) is 0 Å². The molecule has 6 rings (SSSR count). The molecule has 1 aliphatic rings. The Morgan fingerprint density at radius 3 is 2.44 bits per heavy atom.